The molecule has 2 aromatic carbocycles. The Morgan fingerprint density at radius 3 is 2.50 bits per heavy atom. The summed E-state index contributed by atoms with van der Waals surface area (Å²) in [5.41, 5.74) is 1.98. The molecule has 0 radical (unpaired) electrons. The SMILES string of the molecule is O=C(Cn1c(=O)[nH]c2ccccc21)NCc1ccc(C(=O)O)cc1. The number of imidazole rings is 1. The molecule has 0 aliphatic carbocycles. The Balaban J connectivity index is 1.66. The number of aromatic amines is 1. The lowest BCUT2D eigenvalue weighted by Gasteiger charge is -2.07. The smallest absolute Gasteiger partial charge is 0.335 e. The summed E-state index contributed by atoms with van der Waals surface area (Å²) in [4.78, 5) is 37.5. The van der Waals surface area contributed by atoms with Crippen molar-refractivity contribution in [2.24, 2.45) is 0 Å². The van der Waals surface area contributed by atoms with Gasteiger partial charge < -0.3 is 15.4 Å². The lowest BCUT2D eigenvalue weighted by molar-refractivity contribution is -0.121. The van der Waals surface area contributed by atoms with Gasteiger partial charge in [0.05, 0.1) is 16.6 Å². The number of para-hydroxylation sites is 2. The van der Waals surface area contributed by atoms with Gasteiger partial charge in [-0.3, -0.25) is 9.36 Å². The first kappa shape index (κ1) is 15.5. The van der Waals surface area contributed by atoms with E-state index in [0.717, 1.165) is 5.56 Å². The zero-order valence-electron chi connectivity index (χ0n) is 12.7. The zero-order chi connectivity index (χ0) is 17.1. The molecule has 0 atom stereocenters. The Bertz CT molecular complexity index is 954. The number of aromatic nitrogens is 2. The number of amides is 1. The second-order valence-corrected chi connectivity index (χ2v) is 5.31. The molecule has 0 bridgehead atoms. The van der Waals surface area contributed by atoms with Crippen molar-refractivity contribution in [1.29, 1.82) is 0 Å². The quantitative estimate of drug-likeness (QED) is 0.658. The number of nitrogens with one attached hydrogen (secondary N) is 2. The molecular weight excluding hydrogens is 310 g/mol. The number of H-pyrrole nitrogens is 1. The maximum atomic E-state index is 12.1. The number of fused-ring (bicyclic) bond motifs is 1. The molecule has 3 rings (SSSR count). The van der Waals surface area contributed by atoms with E-state index in [-0.39, 0.29) is 30.2 Å². The maximum absolute atomic E-state index is 12.1. The normalized spacial score (nSPS) is 10.7. The highest BCUT2D eigenvalue weighted by molar-refractivity contribution is 5.87. The lowest BCUT2D eigenvalue weighted by atomic mass is 10.1. The van der Waals surface area contributed by atoms with E-state index in [0.29, 0.717) is 11.0 Å². The number of carbonyl (C=O) groups excluding carboxylic acids is 1. The van der Waals surface area contributed by atoms with Crippen molar-refractivity contribution in [1.82, 2.24) is 14.9 Å². The molecule has 0 saturated heterocycles. The minimum absolute atomic E-state index is 0.0872. The molecule has 0 fully saturated rings. The number of hydrogen-bond donors (Lipinski definition) is 3. The molecule has 1 amide bonds. The predicted molar refractivity (Wildman–Crippen MR) is 87.8 cm³/mol. The molecule has 1 aromatic heterocycles. The van der Waals surface area contributed by atoms with Crippen LogP contribution < -0.4 is 11.0 Å². The van der Waals surface area contributed by atoms with E-state index in [1.54, 1.807) is 30.3 Å². The Morgan fingerprint density at radius 1 is 1.08 bits per heavy atom. The molecule has 3 N–H and O–H groups in total. The fourth-order valence-corrected chi connectivity index (χ4v) is 2.43. The fraction of sp³-hybridized carbons (Fsp3) is 0.118. The van der Waals surface area contributed by atoms with Crippen molar-refractivity contribution in [2.45, 2.75) is 13.1 Å². The van der Waals surface area contributed by atoms with Gasteiger partial charge in [0.15, 0.2) is 0 Å². The van der Waals surface area contributed by atoms with Crippen molar-refractivity contribution in [2.75, 3.05) is 0 Å². The highest BCUT2D eigenvalue weighted by Crippen LogP contribution is 2.08. The Labute approximate surface area is 136 Å². The molecule has 7 nitrogen and oxygen atoms in total. The summed E-state index contributed by atoms with van der Waals surface area (Å²) >= 11 is 0. The van der Waals surface area contributed by atoms with Crippen LogP contribution in [0.1, 0.15) is 15.9 Å². The zero-order valence-corrected chi connectivity index (χ0v) is 12.7. The van der Waals surface area contributed by atoms with Crippen LogP contribution in [0.2, 0.25) is 0 Å². The van der Waals surface area contributed by atoms with Gasteiger partial charge in [-0.05, 0) is 29.8 Å². The van der Waals surface area contributed by atoms with Gasteiger partial charge in [0.1, 0.15) is 6.54 Å². The van der Waals surface area contributed by atoms with Crippen LogP contribution >= 0.6 is 0 Å². The number of rotatable bonds is 5. The summed E-state index contributed by atoms with van der Waals surface area (Å²) < 4.78 is 1.37. The van der Waals surface area contributed by atoms with Gasteiger partial charge in [-0.25, -0.2) is 9.59 Å². The van der Waals surface area contributed by atoms with Crippen molar-refractivity contribution in [3.05, 3.63) is 70.1 Å². The largest absolute Gasteiger partial charge is 0.478 e. The third-order valence-electron chi connectivity index (χ3n) is 3.67. The Morgan fingerprint density at radius 2 is 1.79 bits per heavy atom. The summed E-state index contributed by atoms with van der Waals surface area (Å²) in [6, 6.07) is 13.4. The number of carbonyl (C=O) groups is 2. The van der Waals surface area contributed by atoms with Gasteiger partial charge in [-0.1, -0.05) is 24.3 Å². The molecule has 0 spiro atoms. The van der Waals surface area contributed by atoms with Crippen LogP contribution in [0.5, 0.6) is 0 Å². The van der Waals surface area contributed by atoms with Crippen molar-refractivity contribution in [3.8, 4) is 0 Å². The third-order valence-corrected chi connectivity index (χ3v) is 3.67. The van der Waals surface area contributed by atoms with Crippen molar-refractivity contribution in [3.63, 3.8) is 0 Å². The van der Waals surface area contributed by atoms with Crippen LogP contribution in [0.15, 0.2) is 53.3 Å². The molecule has 7 heteroatoms. The molecule has 0 aliphatic rings. The van der Waals surface area contributed by atoms with E-state index in [4.69, 9.17) is 5.11 Å². The van der Waals surface area contributed by atoms with Crippen LogP contribution in [-0.2, 0) is 17.9 Å². The van der Waals surface area contributed by atoms with E-state index in [9.17, 15) is 14.4 Å². The number of carboxylic acids is 1. The van der Waals surface area contributed by atoms with Crippen LogP contribution in [0, 0.1) is 0 Å². The number of hydrogen-bond acceptors (Lipinski definition) is 3. The molecular formula is C17H15N3O4. The minimum atomic E-state index is -0.996. The van der Waals surface area contributed by atoms with E-state index in [1.807, 2.05) is 6.07 Å². The number of aromatic carboxylic acids is 1. The number of benzene rings is 2. The van der Waals surface area contributed by atoms with Gasteiger partial charge in [-0.15, -0.1) is 0 Å². The third kappa shape index (κ3) is 3.19. The summed E-state index contributed by atoms with van der Waals surface area (Å²) in [5, 5.41) is 11.6. The monoisotopic (exact) mass is 325 g/mol. The average molecular weight is 325 g/mol. The molecule has 0 saturated carbocycles. The Hall–Kier alpha value is -3.35. The molecule has 1 heterocycles. The molecule has 0 unspecified atom stereocenters. The minimum Gasteiger partial charge on any atom is -0.478 e. The fourth-order valence-electron chi connectivity index (χ4n) is 2.43. The van der Waals surface area contributed by atoms with Gasteiger partial charge in [0.2, 0.25) is 5.91 Å². The van der Waals surface area contributed by atoms with Gasteiger partial charge >= 0.3 is 11.7 Å². The second-order valence-electron chi connectivity index (χ2n) is 5.31. The summed E-state index contributed by atoms with van der Waals surface area (Å²) in [6.45, 7) is 0.173. The average Bonchev–Trinajstić information content (AvgIpc) is 2.89. The van der Waals surface area contributed by atoms with Crippen molar-refractivity contribution < 1.29 is 14.7 Å². The second kappa shape index (κ2) is 6.41. The first-order valence-corrected chi connectivity index (χ1v) is 7.31. The van der Waals surface area contributed by atoms with Crippen molar-refractivity contribution >= 4 is 22.9 Å². The maximum Gasteiger partial charge on any atom is 0.335 e. The van der Waals surface area contributed by atoms with E-state index < -0.39 is 5.97 Å². The first-order valence-electron chi connectivity index (χ1n) is 7.31. The molecule has 3 aromatic rings. The molecule has 122 valence electrons. The van der Waals surface area contributed by atoms with Crippen LogP contribution in [0.4, 0.5) is 0 Å². The van der Waals surface area contributed by atoms with Gasteiger partial charge in [-0.2, -0.15) is 0 Å². The number of carboxylic acid groups (broad SMARTS) is 1. The first-order chi connectivity index (χ1) is 11.5. The summed E-state index contributed by atoms with van der Waals surface area (Å²) in [6.07, 6.45) is 0. The molecule has 24 heavy (non-hydrogen) atoms. The predicted octanol–water partition coefficient (Wildman–Crippen LogP) is 1.34. The Kier molecular flexibility index (Phi) is 4.15. The van der Waals surface area contributed by atoms with Gasteiger partial charge in [0.25, 0.3) is 0 Å². The van der Waals surface area contributed by atoms with E-state index in [1.165, 1.54) is 16.7 Å². The highest BCUT2D eigenvalue weighted by atomic mass is 16.4. The van der Waals surface area contributed by atoms with Crippen LogP contribution in [0.25, 0.3) is 11.0 Å². The van der Waals surface area contributed by atoms with E-state index in [2.05, 4.69) is 10.3 Å². The summed E-state index contributed by atoms with van der Waals surface area (Å²) in [5.74, 6) is -1.30. The number of nitrogens with zero attached hydrogens (tertiary/aromatic N) is 1. The van der Waals surface area contributed by atoms with Gasteiger partial charge in [0, 0.05) is 6.54 Å². The highest BCUT2D eigenvalue weighted by Gasteiger charge is 2.10. The molecule has 0 aliphatic heterocycles. The van der Waals surface area contributed by atoms with Crippen LogP contribution in [0.3, 0.4) is 0 Å². The topological polar surface area (TPSA) is 104 Å². The lowest BCUT2D eigenvalue weighted by Crippen LogP contribution is -2.31. The van der Waals surface area contributed by atoms with Crippen LogP contribution in [-0.4, -0.2) is 26.5 Å². The summed E-state index contributed by atoms with van der Waals surface area (Å²) in [7, 11) is 0. The van der Waals surface area contributed by atoms with E-state index >= 15 is 0 Å². The standard InChI is InChI=1S/C17H15N3O4/c21-15(18-9-11-5-7-12(8-6-11)16(22)23)10-20-14-4-2-1-3-13(14)19-17(20)24/h1-8H,9-10H2,(H,18,21)(H,19,24)(H,22,23).